The lowest BCUT2D eigenvalue weighted by Gasteiger charge is -2.18. The fourth-order valence-corrected chi connectivity index (χ4v) is 3.94. The van der Waals surface area contributed by atoms with Gasteiger partial charge < -0.3 is 18.6 Å². The van der Waals surface area contributed by atoms with Crippen molar-refractivity contribution < 1.29 is 28.2 Å². The first kappa shape index (κ1) is 20.8. The highest BCUT2D eigenvalue weighted by atomic mass is 16.6. The van der Waals surface area contributed by atoms with Gasteiger partial charge in [0.25, 0.3) is 0 Å². The summed E-state index contributed by atoms with van der Waals surface area (Å²) in [5.41, 5.74) is 0.924. The van der Waals surface area contributed by atoms with Crippen molar-refractivity contribution >= 4 is 33.5 Å². The van der Waals surface area contributed by atoms with Gasteiger partial charge in [0.2, 0.25) is 0 Å². The number of Topliss-reactive ketones (excluding diaryl/α,β-unsaturated/α-hetero) is 1. The van der Waals surface area contributed by atoms with E-state index in [9.17, 15) is 14.4 Å². The molecule has 0 saturated heterocycles. The minimum Gasteiger partial charge on any atom is -0.486 e. The standard InChI is InChI=1S/C26H20O7/c27-20(17-6-8-21-23(13-17)31-12-11-30-21)7-10-24(28)32-15-18-14-25(29)33-22-9-5-16-3-1-2-4-19(16)26(18)22/h1-6,8-9,13-14H,7,10-12,15H2. The SMILES string of the molecule is O=C(CCC(=O)c1ccc2c(c1)OCCO2)OCc1cc(=O)oc2ccc3ccccc3c12. The second-order valence-corrected chi connectivity index (χ2v) is 7.69. The number of ketones is 1. The normalized spacial score (nSPS) is 12.6. The molecule has 0 N–H and O–H groups in total. The lowest BCUT2D eigenvalue weighted by atomic mass is 10.0. The molecule has 1 aliphatic rings. The molecule has 0 bridgehead atoms. The number of carbonyl (C=O) groups is 2. The molecule has 5 rings (SSSR count). The summed E-state index contributed by atoms with van der Waals surface area (Å²) < 4.78 is 21.7. The number of ether oxygens (including phenoxy) is 3. The fraction of sp³-hybridized carbons (Fsp3) is 0.192. The zero-order chi connectivity index (χ0) is 22.8. The van der Waals surface area contributed by atoms with Gasteiger partial charge in [-0.2, -0.15) is 0 Å². The Kier molecular flexibility index (Phi) is 5.52. The largest absolute Gasteiger partial charge is 0.486 e. The van der Waals surface area contributed by atoms with Crippen molar-refractivity contribution in [2.45, 2.75) is 19.4 Å². The predicted molar refractivity (Wildman–Crippen MR) is 121 cm³/mol. The van der Waals surface area contributed by atoms with E-state index in [1.807, 2.05) is 30.3 Å². The van der Waals surface area contributed by atoms with Gasteiger partial charge in [-0.1, -0.05) is 30.3 Å². The quantitative estimate of drug-likeness (QED) is 0.188. The van der Waals surface area contributed by atoms with E-state index in [1.54, 1.807) is 24.3 Å². The second-order valence-electron chi connectivity index (χ2n) is 7.69. The molecule has 0 amide bonds. The third-order valence-corrected chi connectivity index (χ3v) is 5.52. The molecule has 3 aromatic carbocycles. The van der Waals surface area contributed by atoms with Crippen LogP contribution in [-0.4, -0.2) is 25.0 Å². The fourth-order valence-electron chi connectivity index (χ4n) is 3.94. The molecule has 0 spiro atoms. The van der Waals surface area contributed by atoms with Crippen LogP contribution in [-0.2, 0) is 16.1 Å². The first-order chi connectivity index (χ1) is 16.1. The number of esters is 1. The molecule has 0 fully saturated rings. The van der Waals surface area contributed by atoms with Gasteiger partial charge in [0.05, 0.1) is 6.42 Å². The summed E-state index contributed by atoms with van der Waals surface area (Å²) in [4.78, 5) is 36.9. The van der Waals surface area contributed by atoms with Crippen LogP contribution in [0.25, 0.3) is 21.7 Å². The van der Waals surface area contributed by atoms with Crippen LogP contribution in [0.4, 0.5) is 0 Å². The molecule has 33 heavy (non-hydrogen) atoms. The molecule has 2 heterocycles. The van der Waals surface area contributed by atoms with E-state index < -0.39 is 11.6 Å². The molecule has 0 aliphatic carbocycles. The van der Waals surface area contributed by atoms with E-state index in [4.69, 9.17) is 18.6 Å². The molecule has 0 saturated carbocycles. The van der Waals surface area contributed by atoms with Crippen molar-refractivity contribution in [1.82, 2.24) is 0 Å². The zero-order valence-corrected chi connectivity index (χ0v) is 17.7. The lowest BCUT2D eigenvalue weighted by Crippen LogP contribution is -2.16. The monoisotopic (exact) mass is 444 g/mol. The molecule has 7 nitrogen and oxygen atoms in total. The number of benzene rings is 3. The summed E-state index contributed by atoms with van der Waals surface area (Å²) >= 11 is 0. The van der Waals surface area contributed by atoms with Crippen molar-refractivity contribution in [3.05, 3.63) is 82.2 Å². The van der Waals surface area contributed by atoms with E-state index in [-0.39, 0.29) is 25.2 Å². The van der Waals surface area contributed by atoms with Crippen LogP contribution in [0.5, 0.6) is 11.5 Å². The van der Waals surface area contributed by atoms with Gasteiger partial charge in [-0.25, -0.2) is 4.79 Å². The number of hydrogen-bond acceptors (Lipinski definition) is 7. The van der Waals surface area contributed by atoms with Crippen LogP contribution in [0, 0.1) is 0 Å². The first-order valence-electron chi connectivity index (χ1n) is 10.6. The first-order valence-corrected chi connectivity index (χ1v) is 10.6. The average molecular weight is 444 g/mol. The highest BCUT2D eigenvalue weighted by Gasteiger charge is 2.17. The summed E-state index contributed by atoms with van der Waals surface area (Å²) in [6.45, 7) is 0.812. The molecule has 0 unspecified atom stereocenters. The Bertz CT molecular complexity index is 1430. The number of rotatable bonds is 6. The average Bonchev–Trinajstić information content (AvgIpc) is 2.85. The Morgan fingerprint density at radius 2 is 1.70 bits per heavy atom. The van der Waals surface area contributed by atoms with Gasteiger partial charge in [0.1, 0.15) is 25.4 Å². The van der Waals surface area contributed by atoms with Crippen LogP contribution < -0.4 is 15.1 Å². The Morgan fingerprint density at radius 3 is 2.58 bits per heavy atom. The molecule has 1 aliphatic heterocycles. The van der Waals surface area contributed by atoms with E-state index in [0.717, 1.165) is 16.2 Å². The highest BCUT2D eigenvalue weighted by molar-refractivity contribution is 6.07. The third kappa shape index (κ3) is 4.30. The molecule has 4 aromatic rings. The zero-order valence-electron chi connectivity index (χ0n) is 17.7. The molecular weight excluding hydrogens is 424 g/mol. The van der Waals surface area contributed by atoms with Gasteiger partial charge in [0.15, 0.2) is 17.3 Å². The van der Waals surface area contributed by atoms with Crippen LogP contribution >= 0.6 is 0 Å². The summed E-state index contributed by atoms with van der Waals surface area (Å²) in [5, 5.41) is 2.61. The number of hydrogen-bond donors (Lipinski definition) is 0. The van der Waals surface area contributed by atoms with Gasteiger partial charge in [-0.05, 0) is 35.0 Å². The molecule has 1 aromatic heterocycles. The van der Waals surface area contributed by atoms with E-state index in [0.29, 0.717) is 41.4 Å². The Hall–Kier alpha value is -4.13. The highest BCUT2D eigenvalue weighted by Crippen LogP contribution is 2.31. The maximum absolute atomic E-state index is 12.5. The summed E-state index contributed by atoms with van der Waals surface area (Å²) in [7, 11) is 0. The number of carbonyl (C=O) groups excluding carboxylic acids is 2. The Labute approximate surface area is 188 Å². The van der Waals surface area contributed by atoms with Gasteiger partial charge in [-0.3, -0.25) is 9.59 Å². The van der Waals surface area contributed by atoms with Crippen LogP contribution in [0.15, 0.2) is 69.9 Å². The van der Waals surface area contributed by atoms with Crippen molar-refractivity contribution in [2.24, 2.45) is 0 Å². The summed E-state index contributed by atoms with van der Waals surface area (Å²) in [6, 6.07) is 17.6. The van der Waals surface area contributed by atoms with Crippen molar-refractivity contribution in [3.63, 3.8) is 0 Å². The Morgan fingerprint density at radius 1 is 0.879 bits per heavy atom. The Balaban J connectivity index is 1.27. The van der Waals surface area contributed by atoms with Gasteiger partial charge in [0, 0.05) is 29.0 Å². The molecular formula is C26H20O7. The van der Waals surface area contributed by atoms with E-state index >= 15 is 0 Å². The van der Waals surface area contributed by atoms with E-state index in [1.165, 1.54) is 6.07 Å². The van der Waals surface area contributed by atoms with Crippen molar-refractivity contribution in [3.8, 4) is 11.5 Å². The van der Waals surface area contributed by atoms with Crippen LogP contribution in [0.1, 0.15) is 28.8 Å². The predicted octanol–water partition coefficient (Wildman–Crippen LogP) is 4.42. The molecule has 0 radical (unpaired) electrons. The van der Waals surface area contributed by atoms with Crippen LogP contribution in [0.3, 0.4) is 0 Å². The minimum absolute atomic E-state index is 0.000909. The van der Waals surface area contributed by atoms with Crippen molar-refractivity contribution in [1.29, 1.82) is 0 Å². The summed E-state index contributed by atoms with van der Waals surface area (Å²) in [5.74, 6) is 0.407. The molecule has 166 valence electrons. The topological polar surface area (TPSA) is 92.0 Å². The summed E-state index contributed by atoms with van der Waals surface area (Å²) in [6.07, 6.45) is -0.0769. The van der Waals surface area contributed by atoms with E-state index in [2.05, 4.69) is 0 Å². The minimum atomic E-state index is -0.525. The maximum atomic E-state index is 12.5. The third-order valence-electron chi connectivity index (χ3n) is 5.52. The smallest absolute Gasteiger partial charge is 0.336 e. The van der Waals surface area contributed by atoms with Crippen LogP contribution in [0.2, 0.25) is 0 Å². The molecule has 7 heteroatoms. The molecule has 0 atom stereocenters. The maximum Gasteiger partial charge on any atom is 0.336 e. The van der Waals surface area contributed by atoms with Crippen molar-refractivity contribution in [2.75, 3.05) is 13.2 Å². The second kappa shape index (κ2) is 8.78. The lowest BCUT2D eigenvalue weighted by molar-refractivity contribution is -0.144. The van der Waals surface area contributed by atoms with Gasteiger partial charge >= 0.3 is 11.6 Å². The van der Waals surface area contributed by atoms with Gasteiger partial charge in [-0.15, -0.1) is 0 Å². The number of fused-ring (bicyclic) bond motifs is 4.